The highest BCUT2D eigenvalue weighted by molar-refractivity contribution is 7.91. The molecule has 0 radical (unpaired) electrons. The van der Waals surface area contributed by atoms with Gasteiger partial charge in [0.15, 0.2) is 11.5 Å². The number of hydrogen-bond acceptors (Lipinski definition) is 6. The molecule has 7 nitrogen and oxygen atoms in total. The molecule has 3 rings (SSSR count). The predicted molar refractivity (Wildman–Crippen MR) is 103 cm³/mol. The number of ether oxygens (including phenoxy) is 2. The normalized spacial score (nSPS) is 15.6. The quantitative estimate of drug-likeness (QED) is 0.790. The minimum atomic E-state index is -3.50. The number of nitrogens with one attached hydrogen (secondary N) is 1. The number of para-hydroxylation sites is 1. The molecule has 0 saturated carbocycles. The van der Waals surface area contributed by atoms with E-state index in [4.69, 9.17) is 9.47 Å². The molecule has 1 fully saturated rings. The number of sulfonamides is 1. The van der Waals surface area contributed by atoms with Crippen LogP contribution in [0.2, 0.25) is 0 Å². The Morgan fingerprint density at radius 3 is 2.48 bits per heavy atom. The molecule has 1 aromatic carbocycles. The first-order valence-electron chi connectivity index (χ1n) is 8.52. The monoisotopic (exact) mass is 410 g/mol. The Kier molecular flexibility index (Phi) is 6.03. The molecule has 0 aliphatic carbocycles. The summed E-state index contributed by atoms with van der Waals surface area (Å²) in [6.07, 6.45) is 1.12. The van der Waals surface area contributed by atoms with Crippen LogP contribution < -0.4 is 14.2 Å². The second-order valence-electron chi connectivity index (χ2n) is 6.16. The van der Waals surface area contributed by atoms with E-state index >= 15 is 0 Å². The van der Waals surface area contributed by atoms with E-state index < -0.39 is 10.0 Å². The Morgan fingerprint density at radius 1 is 1.15 bits per heavy atom. The molecule has 1 amide bonds. The van der Waals surface area contributed by atoms with E-state index in [1.807, 2.05) is 0 Å². The molecule has 1 aliphatic heterocycles. The van der Waals surface area contributed by atoms with Gasteiger partial charge in [-0.3, -0.25) is 4.79 Å². The summed E-state index contributed by atoms with van der Waals surface area (Å²) in [5.41, 5.74) is 0.439. The van der Waals surface area contributed by atoms with E-state index in [-0.39, 0.29) is 11.9 Å². The van der Waals surface area contributed by atoms with E-state index in [2.05, 4.69) is 4.72 Å². The highest BCUT2D eigenvalue weighted by Gasteiger charge is 2.29. The summed E-state index contributed by atoms with van der Waals surface area (Å²) in [4.78, 5) is 14.6. The van der Waals surface area contributed by atoms with E-state index in [1.54, 1.807) is 40.6 Å². The van der Waals surface area contributed by atoms with Crippen molar-refractivity contribution in [3.8, 4) is 11.5 Å². The maximum atomic E-state index is 12.9. The highest BCUT2D eigenvalue weighted by atomic mass is 32.2. The summed E-state index contributed by atoms with van der Waals surface area (Å²) in [6, 6.07) is 8.30. The van der Waals surface area contributed by atoms with E-state index in [9.17, 15) is 13.2 Å². The van der Waals surface area contributed by atoms with Crippen LogP contribution in [-0.2, 0) is 10.0 Å². The van der Waals surface area contributed by atoms with Crippen molar-refractivity contribution in [3.63, 3.8) is 0 Å². The molecular weight excluding hydrogens is 388 g/mol. The Labute approximate surface area is 163 Å². The van der Waals surface area contributed by atoms with Crippen molar-refractivity contribution in [1.29, 1.82) is 0 Å². The van der Waals surface area contributed by atoms with Crippen LogP contribution >= 0.6 is 11.3 Å². The van der Waals surface area contributed by atoms with Gasteiger partial charge in [-0.2, -0.15) is 0 Å². The minimum absolute atomic E-state index is 0.148. The van der Waals surface area contributed by atoms with Gasteiger partial charge in [0.1, 0.15) is 4.21 Å². The zero-order valence-electron chi connectivity index (χ0n) is 15.2. The topological polar surface area (TPSA) is 84.9 Å². The number of carbonyl (C=O) groups is 1. The zero-order chi connectivity index (χ0) is 19.4. The van der Waals surface area contributed by atoms with Crippen molar-refractivity contribution in [2.75, 3.05) is 27.3 Å². The Morgan fingerprint density at radius 2 is 1.89 bits per heavy atom. The molecular formula is C18H22N2O5S2. The fourth-order valence-corrected chi connectivity index (χ4v) is 5.43. The lowest BCUT2D eigenvalue weighted by molar-refractivity contribution is 0.0707. The maximum absolute atomic E-state index is 12.9. The number of nitrogens with zero attached hydrogens (tertiary/aromatic N) is 1. The zero-order valence-corrected chi connectivity index (χ0v) is 16.8. The van der Waals surface area contributed by atoms with E-state index in [0.717, 1.165) is 0 Å². The number of benzene rings is 1. The van der Waals surface area contributed by atoms with Crippen LogP contribution in [0.1, 0.15) is 23.2 Å². The third-order valence-electron chi connectivity index (χ3n) is 4.50. The van der Waals surface area contributed by atoms with Crippen LogP contribution in [-0.4, -0.2) is 52.6 Å². The summed E-state index contributed by atoms with van der Waals surface area (Å²) in [5, 5.41) is 1.73. The lowest BCUT2D eigenvalue weighted by Crippen LogP contribution is -2.46. The largest absolute Gasteiger partial charge is 0.493 e. The number of thiophene rings is 1. The van der Waals surface area contributed by atoms with Crippen molar-refractivity contribution < 1.29 is 22.7 Å². The Bertz CT molecular complexity index is 888. The molecule has 2 heterocycles. The van der Waals surface area contributed by atoms with Crippen LogP contribution in [0, 0.1) is 0 Å². The highest BCUT2D eigenvalue weighted by Crippen LogP contribution is 2.32. The SMILES string of the molecule is COc1cccc(C(=O)N2CCC(NS(=O)(=O)c3cccs3)CC2)c1OC. The average molecular weight is 411 g/mol. The molecule has 146 valence electrons. The van der Waals surface area contributed by atoms with Gasteiger partial charge in [-0.1, -0.05) is 12.1 Å². The summed E-state index contributed by atoms with van der Waals surface area (Å²) < 4.78 is 38.3. The number of likely N-dealkylation sites (tertiary alicyclic amines) is 1. The smallest absolute Gasteiger partial charge is 0.257 e. The first-order valence-corrected chi connectivity index (χ1v) is 10.9. The fourth-order valence-electron chi connectivity index (χ4n) is 3.12. The van der Waals surface area contributed by atoms with Crippen molar-refractivity contribution in [1.82, 2.24) is 9.62 Å². The van der Waals surface area contributed by atoms with Gasteiger partial charge in [-0.15, -0.1) is 11.3 Å². The molecule has 9 heteroatoms. The second kappa shape index (κ2) is 8.28. The van der Waals surface area contributed by atoms with Gasteiger partial charge in [0, 0.05) is 19.1 Å². The Hall–Kier alpha value is -2.10. The van der Waals surface area contributed by atoms with Gasteiger partial charge < -0.3 is 14.4 Å². The summed E-state index contributed by atoms with van der Waals surface area (Å²) >= 11 is 1.19. The minimum Gasteiger partial charge on any atom is -0.493 e. The molecule has 1 aliphatic rings. The molecule has 1 N–H and O–H groups in total. The standard InChI is InChI=1S/C18H22N2O5S2/c1-24-15-6-3-5-14(17(15)25-2)18(21)20-10-8-13(9-11-20)19-27(22,23)16-7-4-12-26-16/h3-7,12-13,19H,8-11H2,1-2H3. The average Bonchev–Trinajstić information content (AvgIpc) is 3.23. The lowest BCUT2D eigenvalue weighted by atomic mass is 10.0. The van der Waals surface area contributed by atoms with Gasteiger partial charge >= 0.3 is 0 Å². The van der Waals surface area contributed by atoms with Crippen LogP contribution in [0.4, 0.5) is 0 Å². The number of methoxy groups -OCH3 is 2. The molecule has 1 saturated heterocycles. The van der Waals surface area contributed by atoms with Gasteiger partial charge in [0.2, 0.25) is 10.0 Å². The third kappa shape index (κ3) is 4.26. The third-order valence-corrected chi connectivity index (χ3v) is 7.42. The van der Waals surface area contributed by atoms with Crippen molar-refractivity contribution in [3.05, 3.63) is 41.3 Å². The molecule has 0 atom stereocenters. The first kappa shape index (κ1) is 19.7. The van der Waals surface area contributed by atoms with Crippen molar-refractivity contribution in [2.45, 2.75) is 23.1 Å². The van der Waals surface area contributed by atoms with Gasteiger partial charge in [-0.25, -0.2) is 13.1 Å². The Balaban J connectivity index is 1.65. The van der Waals surface area contributed by atoms with E-state index in [0.29, 0.717) is 47.2 Å². The predicted octanol–water partition coefficient (Wildman–Crippen LogP) is 2.35. The number of piperidine rings is 1. The van der Waals surface area contributed by atoms with Crippen molar-refractivity contribution in [2.24, 2.45) is 0 Å². The number of hydrogen-bond donors (Lipinski definition) is 1. The van der Waals surface area contributed by atoms with E-state index in [1.165, 1.54) is 25.6 Å². The van der Waals surface area contributed by atoms with Crippen LogP contribution in [0.25, 0.3) is 0 Å². The van der Waals surface area contributed by atoms with Crippen LogP contribution in [0.5, 0.6) is 11.5 Å². The molecule has 27 heavy (non-hydrogen) atoms. The number of amides is 1. The van der Waals surface area contributed by atoms with Crippen LogP contribution in [0.3, 0.4) is 0 Å². The maximum Gasteiger partial charge on any atom is 0.257 e. The summed E-state index contributed by atoms with van der Waals surface area (Å²) in [7, 11) is -0.472. The molecule has 0 spiro atoms. The van der Waals surface area contributed by atoms with Crippen molar-refractivity contribution >= 4 is 27.3 Å². The first-order chi connectivity index (χ1) is 13.0. The summed E-state index contributed by atoms with van der Waals surface area (Å²) in [6.45, 7) is 0.938. The summed E-state index contributed by atoms with van der Waals surface area (Å²) in [5.74, 6) is 0.762. The molecule has 2 aromatic rings. The van der Waals surface area contributed by atoms with Gasteiger partial charge in [0.25, 0.3) is 5.91 Å². The molecule has 0 unspecified atom stereocenters. The lowest BCUT2D eigenvalue weighted by Gasteiger charge is -2.32. The van der Waals surface area contributed by atoms with Gasteiger partial charge in [-0.05, 0) is 36.4 Å². The molecule has 0 bridgehead atoms. The molecule has 1 aromatic heterocycles. The number of carbonyl (C=O) groups excluding carboxylic acids is 1. The van der Waals surface area contributed by atoms with Gasteiger partial charge in [0.05, 0.1) is 19.8 Å². The number of rotatable bonds is 6. The van der Waals surface area contributed by atoms with Crippen LogP contribution in [0.15, 0.2) is 39.9 Å². The second-order valence-corrected chi connectivity index (χ2v) is 9.05. The fraction of sp³-hybridized carbons (Fsp3) is 0.389.